The number of hydrogen-bond donors (Lipinski definition) is 1. The van der Waals surface area contributed by atoms with Gasteiger partial charge in [0.05, 0.1) is 6.54 Å². The summed E-state index contributed by atoms with van der Waals surface area (Å²) < 4.78 is 5.31. The van der Waals surface area contributed by atoms with E-state index in [0.29, 0.717) is 18.3 Å². The van der Waals surface area contributed by atoms with Gasteiger partial charge in [0.25, 0.3) is 0 Å². The second kappa shape index (κ2) is 5.30. The van der Waals surface area contributed by atoms with Crippen molar-refractivity contribution in [3.05, 3.63) is 48.4 Å². The molecule has 0 atom stereocenters. The first-order chi connectivity index (χ1) is 10.4. The molecule has 2 aromatic carbocycles. The lowest BCUT2D eigenvalue weighted by Crippen LogP contribution is -2.16. The van der Waals surface area contributed by atoms with Crippen molar-refractivity contribution in [2.24, 2.45) is 5.92 Å². The lowest BCUT2D eigenvalue weighted by molar-refractivity contribution is 0.367. The van der Waals surface area contributed by atoms with E-state index < -0.39 is 0 Å². The number of aromatic nitrogens is 2. The van der Waals surface area contributed by atoms with Crippen LogP contribution in [0.3, 0.4) is 0 Å². The van der Waals surface area contributed by atoms with Crippen molar-refractivity contribution in [2.75, 3.05) is 6.54 Å². The maximum atomic E-state index is 5.31. The van der Waals surface area contributed by atoms with Crippen LogP contribution in [-0.4, -0.2) is 16.7 Å². The molecule has 0 unspecified atom stereocenters. The molecule has 1 aliphatic rings. The zero-order valence-electron chi connectivity index (χ0n) is 11.7. The van der Waals surface area contributed by atoms with Crippen molar-refractivity contribution >= 4 is 10.8 Å². The maximum Gasteiger partial charge on any atom is 0.240 e. The maximum absolute atomic E-state index is 5.31. The van der Waals surface area contributed by atoms with Gasteiger partial charge in [-0.25, -0.2) is 0 Å². The Balaban J connectivity index is 1.52. The summed E-state index contributed by atoms with van der Waals surface area (Å²) in [5, 5.41) is 9.85. The Hall–Kier alpha value is -2.20. The topological polar surface area (TPSA) is 51.0 Å². The van der Waals surface area contributed by atoms with Crippen LogP contribution in [0.5, 0.6) is 0 Å². The molecule has 0 aliphatic heterocycles. The largest absolute Gasteiger partial charge is 0.338 e. The van der Waals surface area contributed by atoms with E-state index in [2.05, 4.69) is 39.7 Å². The molecule has 4 heteroatoms. The number of nitrogens with zero attached hydrogens (tertiary/aromatic N) is 2. The molecular formula is C17H17N3O. The fourth-order valence-electron chi connectivity index (χ4n) is 2.48. The lowest BCUT2D eigenvalue weighted by Gasteiger charge is -1.99. The van der Waals surface area contributed by atoms with Gasteiger partial charge in [-0.15, -0.1) is 0 Å². The third kappa shape index (κ3) is 2.81. The van der Waals surface area contributed by atoms with E-state index in [1.165, 1.54) is 23.6 Å². The molecule has 1 aromatic heterocycles. The van der Waals surface area contributed by atoms with Crippen LogP contribution in [0.2, 0.25) is 0 Å². The van der Waals surface area contributed by atoms with E-state index in [4.69, 9.17) is 4.52 Å². The van der Waals surface area contributed by atoms with Crippen molar-refractivity contribution in [3.8, 4) is 11.4 Å². The third-order valence-corrected chi connectivity index (χ3v) is 3.88. The van der Waals surface area contributed by atoms with Crippen molar-refractivity contribution in [1.29, 1.82) is 0 Å². The Labute approximate surface area is 123 Å². The Morgan fingerprint density at radius 2 is 1.95 bits per heavy atom. The Bertz CT molecular complexity index is 761. The minimum atomic E-state index is 0.650. The highest BCUT2D eigenvalue weighted by Crippen LogP contribution is 2.27. The van der Waals surface area contributed by atoms with Gasteiger partial charge < -0.3 is 9.84 Å². The lowest BCUT2D eigenvalue weighted by atomic mass is 10.1. The molecule has 4 rings (SSSR count). The summed E-state index contributed by atoms with van der Waals surface area (Å²) in [4.78, 5) is 4.46. The zero-order valence-corrected chi connectivity index (χ0v) is 11.7. The molecule has 1 saturated carbocycles. The van der Waals surface area contributed by atoms with Crippen molar-refractivity contribution < 1.29 is 4.52 Å². The van der Waals surface area contributed by atoms with Crippen molar-refractivity contribution in [1.82, 2.24) is 15.5 Å². The predicted molar refractivity (Wildman–Crippen MR) is 81.7 cm³/mol. The van der Waals surface area contributed by atoms with Gasteiger partial charge in [0.15, 0.2) is 0 Å². The van der Waals surface area contributed by atoms with Gasteiger partial charge in [-0.2, -0.15) is 4.98 Å². The standard InChI is InChI=1S/C17H17N3O/c1-2-4-14-9-15(8-7-13(14)3-1)17-19-16(21-20-17)11-18-10-12-5-6-12/h1-4,7-9,12,18H,5-6,10-11H2. The predicted octanol–water partition coefficient (Wildman–Crippen LogP) is 3.39. The highest BCUT2D eigenvalue weighted by molar-refractivity contribution is 5.86. The van der Waals surface area contributed by atoms with E-state index in [1.54, 1.807) is 0 Å². The molecule has 0 bridgehead atoms. The van der Waals surface area contributed by atoms with Crippen LogP contribution in [0, 0.1) is 5.92 Å². The van der Waals surface area contributed by atoms with Crippen LogP contribution in [0.15, 0.2) is 47.0 Å². The Kier molecular flexibility index (Phi) is 3.16. The van der Waals surface area contributed by atoms with Gasteiger partial charge in [-0.3, -0.25) is 0 Å². The number of rotatable bonds is 5. The van der Waals surface area contributed by atoms with E-state index in [0.717, 1.165) is 18.0 Å². The van der Waals surface area contributed by atoms with E-state index in [-0.39, 0.29) is 0 Å². The summed E-state index contributed by atoms with van der Waals surface area (Å²) >= 11 is 0. The van der Waals surface area contributed by atoms with E-state index in [9.17, 15) is 0 Å². The van der Waals surface area contributed by atoms with Crippen molar-refractivity contribution in [2.45, 2.75) is 19.4 Å². The van der Waals surface area contributed by atoms with E-state index >= 15 is 0 Å². The van der Waals surface area contributed by atoms with Crippen LogP contribution < -0.4 is 5.32 Å². The van der Waals surface area contributed by atoms with Gasteiger partial charge in [0, 0.05) is 5.56 Å². The SMILES string of the molecule is c1ccc2cc(-c3noc(CNCC4CC4)n3)ccc2c1. The second-order valence-electron chi connectivity index (χ2n) is 5.65. The quantitative estimate of drug-likeness (QED) is 0.777. The summed E-state index contributed by atoms with van der Waals surface area (Å²) in [5.41, 5.74) is 0.992. The summed E-state index contributed by atoms with van der Waals surface area (Å²) in [6, 6.07) is 14.5. The normalized spacial score (nSPS) is 14.7. The van der Waals surface area contributed by atoms with Crippen molar-refractivity contribution in [3.63, 3.8) is 0 Å². The fraction of sp³-hybridized carbons (Fsp3) is 0.294. The molecule has 3 aromatic rings. The van der Waals surface area contributed by atoms with Crippen LogP contribution in [0.4, 0.5) is 0 Å². The number of benzene rings is 2. The van der Waals surface area contributed by atoms with Gasteiger partial charge in [-0.1, -0.05) is 41.6 Å². The Morgan fingerprint density at radius 1 is 1.10 bits per heavy atom. The first kappa shape index (κ1) is 12.5. The average molecular weight is 279 g/mol. The first-order valence-electron chi connectivity index (χ1n) is 7.41. The van der Waals surface area contributed by atoms with Crippen LogP contribution in [-0.2, 0) is 6.54 Å². The van der Waals surface area contributed by atoms with Crippen LogP contribution >= 0.6 is 0 Å². The van der Waals surface area contributed by atoms with Crippen LogP contribution in [0.25, 0.3) is 22.2 Å². The monoisotopic (exact) mass is 279 g/mol. The molecule has 0 spiro atoms. The molecule has 21 heavy (non-hydrogen) atoms. The molecule has 1 aliphatic carbocycles. The molecule has 106 valence electrons. The summed E-state index contributed by atoms with van der Waals surface area (Å²) in [7, 11) is 0. The molecule has 0 radical (unpaired) electrons. The van der Waals surface area contributed by atoms with Gasteiger partial charge >= 0.3 is 0 Å². The van der Waals surface area contributed by atoms with Gasteiger partial charge in [-0.05, 0) is 42.1 Å². The molecule has 1 heterocycles. The van der Waals surface area contributed by atoms with Gasteiger partial charge in [0.2, 0.25) is 11.7 Å². The minimum Gasteiger partial charge on any atom is -0.338 e. The molecule has 1 N–H and O–H groups in total. The Morgan fingerprint density at radius 3 is 2.81 bits per heavy atom. The number of nitrogens with one attached hydrogen (secondary N) is 1. The van der Waals surface area contributed by atoms with E-state index in [1.807, 2.05) is 18.2 Å². The zero-order chi connectivity index (χ0) is 14.1. The molecule has 0 saturated heterocycles. The highest BCUT2D eigenvalue weighted by atomic mass is 16.5. The molecule has 4 nitrogen and oxygen atoms in total. The highest BCUT2D eigenvalue weighted by Gasteiger charge is 2.20. The molecule has 0 amide bonds. The summed E-state index contributed by atoms with van der Waals surface area (Å²) in [6.45, 7) is 1.70. The van der Waals surface area contributed by atoms with Gasteiger partial charge in [0.1, 0.15) is 0 Å². The fourth-order valence-corrected chi connectivity index (χ4v) is 2.48. The van der Waals surface area contributed by atoms with Crippen LogP contribution in [0.1, 0.15) is 18.7 Å². The second-order valence-corrected chi connectivity index (χ2v) is 5.65. The average Bonchev–Trinajstić information content (AvgIpc) is 3.23. The molecule has 1 fully saturated rings. The number of fused-ring (bicyclic) bond motifs is 1. The summed E-state index contributed by atoms with van der Waals surface area (Å²) in [6.07, 6.45) is 2.69. The third-order valence-electron chi connectivity index (χ3n) is 3.88. The first-order valence-corrected chi connectivity index (χ1v) is 7.41. The number of hydrogen-bond acceptors (Lipinski definition) is 4. The smallest absolute Gasteiger partial charge is 0.240 e. The summed E-state index contributed by atoms with van der Waals surface area (Å²) in [5.74, 6) is 2.16. The molecular weight excluding hydrogens is 262 g/mol. The minimum absolute atomic E-state index is 0.650.